The smallest absolute Gasteiger partial charge is 0.278 e. The van der Waals surface area contributed by atoms with Crippen LogP contribution in [0.2, 0.25) is 5.15 Å². The highest BCUT2D eigenvalue weighted by Crippen LogP contribution is 2.18. The molecule has 0 atom stereocenters. The van der Waals surface area contributed by atoms with E-state index >= 15 is 0 Å². The summed E-state index contributed by atoms with van der Waals surface area (Å²) >= 11 is 17.1. The summed E-state index contributed by atoms with van der Waals surface area (Å²) in [5.41, 5.74) is 0.840. The van der Waals surface area contributed by atoms with E-state index in [0.717, 1.165) is 5.56 Å². The highest BCUT2D eigenvalue weighted by atomic mass is 35.5. The molecule has 0 N–H and O–H groups in total. The Kier molecular flexibility index (Phi) is 8.60. The predicted octanol–water partition coefficient (Wildman–Crippen LogP) is 2.19. The Hall–Kier alpha value is -1.39. The molecule has 0 bridgehead atoms. The first-order valence-electron chi connectivity index (χ1n) is 7.75. The number of pyridine rings is 1. The maximum Gasteiger partial charge on any atom is 0.278 e. The summed E-state index contributed by atoms with van der Waals surface area (Å²) < 4.78 is 11.1. The van der Waals surface area contributed by atoms with E-state index < -0.39 is 11.4 Å². The number of guanidine groups is 1. The number of halogens is 3. The van der Waals surface area contributed by atoms with E-state index in [1.54, 1.807) is 28.1 Å². The minimum absolute atomic E-state index is 0.138. The van der Waals surface area contributed by atoms with E-state index in [4.69, 9.17) is 44.3 Å². The van der Waals surface area contributed by atoms with Crippen LogP contribution in [-0.4, -0.2) is 70.3 Å². The Morgan fingerprint density at radius 3 is 2.50 bits per heavy atom. The molecular formula is C14H18Cl3N5O4. The van der Waals surface area contributed by atoms with Crippen LogP contribution in [-0.2, 0) is 16.0 Å². The van der Waals surface area contributed by atoms with Gasteiger partial charge in [-0.1, -0.05) is 17.7 Å². The molecule has 0 aliphatic carbocycles. The summed E-state index contributed by atoms with van der Waals surface area (Å²) in [6, 6.07) is 3.46. The highest BCUT2D eigenvalue weighted by molar-refractivity contribution is 6.29. The second-order valence-corrected chi connectivity index (χ2v) is 6.31. The molecule has 144 valence electrons. The zero-order chi connectivity index (χ0) is 18.9. The van der Waals surface area contributed by atoms with Crippen molar-refractivity contribution < 1.29 is 14.5 Å². The van der Waals surface area contributed by atoms with E-state index in [-0.39, 0.29) is 30.9 Å². The maximum atomic E-state index is 11.0. The molecule has 0 spiro atoms. The average Bonchev–Trinajstić information content (AvgIpc) is 2.99. The SMILES string of the molecule is O=[N+]([O-])/N=C1\N(Cc2ccc(Cl)nc2)CCN1C(OCCCl)OCCCl. The largest absolute Gasteiger partial charge is 0.334 e. The van der Waals surface area contributed by atoms with Crippen molar-refractivity contribution >= 4 is 40.8 Å². The van der Waals surface area contributed by atoms with Gasteiger partial charge in [0, 0.05) is 37.6 Å². The summed E-state index contributed by atoms with van der Waals surface area (Å²) in [5.74, 6) is 0.659. The van der Waals surface area contributed by atoms with Crippen LogP contribution in [0.3, 0.4) is 0 Å². The monoisotopic (exact) mass is 425 g/mol. The third-order valence-corrected chi connectivity index (χ3v) is 3.95. The van der Waals surface area contributed by atoms with Crippen molar-refractivity contribution in [1.82, 2.24) is 14.8 Å². The third kappa shape index (κ3) is 6.10. The molecule has 1 aromatic rings. The molecule has 9 nitrogen and oxygen atoms in total. The number of alkyl halides is 2. The van der Waals surface area contributed by atoms with Crippen molar-refractivity contribution in [2.24, 2.45) is 5.10 Å². The first-order chi connectivity index (χ1) is 12.5. The number of hydrogen-bond acceptors (Lipinski definition) is 5. The van der Waals surface area contributed by atoms with Gasteiger partial charge in [-0.25, -0.2) is 15.1 Å². The molecular weight excluding hydrogens is 409 g/mol. The van der Waals surface area contributed by atoms with Gasteiger partial charge in [0.2, 0.25) is 6.41 Å². The number of nitro groups is 1. The van der Waals surface area contributed by atoms with Gasteiger partial charge in [0.15, 0.2) is 5.03 Å². The van der Waals surface area contributed by atoms with Gasteiger partial charge in [-0.2, -0.15) is 0 Å². The average molecular weight is 427 g/mol. The molecule has 0 saturated carbocycles. The quantitative estimate of drug-likeness (QED) is 0.186. The molecule has 1 fully saturated rings. The van der Waals surface area contributed by atoms with Crippen LogP contribution in [0.4, 0.5) is 0 Å². The Morgan fingerprint density at radius 2 is 1.96 bits per heavy atom. The lowest BCUT2D eigenvalue weighted by Crippen LogP contribution is -2.44. The number of aromatic nitrogens is 1. The van der Waals surface area contributed by atoms with Gasteiger partial charge in [0.25, 0.3) is 5.96 Å². The molecule has 1 aliphatic heterocycles. The van der Waals surface area contributed by atoms with Crippen LogP contribution < -0.4 is 0 Å². The molecule has 0 radical (unpaired) electrons. The normalized spacial score (nSPS) is 16.1. The van der Waals surface area contributed by atoms with Crippen molar-refractivity contribution in [2.75, 3.05) is 38.1 Å². The summed E-state index contributed by atoms with van der Waals surface area (Å²) in [6.45, 7) is 1.75. The van der Waals surface area contributed by atoms with E-state index in [1.807, 2.05) is 0 Å². The number of nitrogens with zero attached hydrogens (tertiary/aromatic N) is 5. The molecule has 1 aromatic heterocycles. The minimum Gasteiger partial charge on any atom is -0.334 e. The van der Waals surface area contributed by atoms with E-state index in [2.05, 4.69) is 10.1 Å². The number of hydrazone groups is 1. The van der Waals surface area contributed by atoms with Gasteiger partial charge in [-0.3, -0.25) is 4.90 Å². The fourth-order valence-electron chi connectivity index (χ4n) is 2.39. The Morgan fingerprint density at radius 1 is 1.27 bits per heavy atom. The van der Waals surface area contributed by atoms with E-state index in [1.165, 1.54) is 0 Å². The lowest BCUT2D eigenvalue weighted by atomic mass is 10.3. The molecule has 0 unspecified atom stereocenters. The first kappa shape index (κ1) is 20.9. The van der Waals surface area contributed by atoms with Crippen LogP contribution in [0, 0.1) is 10.1 Å². The summed E-state index contributed by atoms with van der Waals surface area (Å²) in [7, 11) is 0. The van der Waals surface area contributed by atoms with Gasteiger partial charge in [0.05, 0.1) is 13.2 Å². The van der Waals surface area contributed by atoms with Gasteiger partial charge in [-0.05, 0) is 11.6 Å². The van der Waals surface area contributed by atoms with E-state index in [0.29, 0.717) is 24.8 Å². The second-order valence-electron chi connectivity index (χ2n) is 5.17. The Bertz CT molecular complexity index is 611. The summed E-state index contributed by atoms with van der Waals surface area (Å²) in [4.78, 5) is 18.3. The van der Waals surface area contributed by atoms with Crippen molar-refractivity contribution in [3.8, 4) is 0 Å². The van der Waals surface area contributed by atoms with Crippen molar-refractivity contribution in [3.05, 3.63) is 39.2 Å². The summed E-state index contributed by atoms with van der Waals surface area (Å²) in [5, 5.41) is 14.1. The molecule has 1 aliphatic rings. The van der Waals surface area contributed by atoms with Gasteiger partial charge >= 0.3 is 0 Å². The fourth-order valence-corrected chi connectivity index (χ4v) is 2.68. The molecule has 1 saturated heterocycles. The van der Waals surface area contributed by atoms with Crippen LogP contribution >= 0.6 is 34.8 Å². The first-order valence-corrected chi connectivity index (χ1v) is 9.20. The van der Waals surface area contributed by atoms with E-state index in [9.17, 15) is 10.1 Å². The Balaban J connectivity index is 2.17. The molecule has 2 rings (SSSR count). The maximum absolute atomic E-state index is 11.0. The van der Waals surface area contributed by atoms with Gasteiger partial charge in [0.1, 0.15) is 10.3 Å². The van der Waals surface area contributed by atoms with Crippen molar-refractivity contribution in [2.45, 2.75) is 13.0 Å². The molecule has 2 heterocycles. The predicted molar refractivity (Wildman–Crippen MR) is 97.9 cm³/mol. The number of ether oxygens (including phenoxy) is 2. The number of hydrogen-bond donors (Lipinski definition) is 0. The lowest BCUT2D eigenvalue weighted by Gasteiger charge is -2.28. The second kappa shape index (κ2) is 10.7. The van der Waals surface area contributed by atoms with Crippen LogP contribution in [0.1, 0.15) is 5.56 Å². The van der Waals surface area contributed by atoms with Gasteiger partial charge in [-0.15, -0.1) is 23.2 Å². The number of rotatable bonds is 10. The minimum atomic E-state index is -0.862. The van der Waals surface area contributed by atoms with Crippen molar-refractivity contribution in [3.63, 3.8) is 0 Å². The third-order valence-electron chi connectivity index (χ3n) is 3.41. The standard InChI is InChI=1S/C14H18Cl3N5O4/c15-3-7-25-14(26-8-4-16)21-6-5-20(13(21)19-22(23)24)10-11-1-2-12(17)18-9-11/h1-2,9,14H,3-8,10H2/b19-13+. The van der Waals surface area contributed by atoms with Gasteiger partial charge < -0.3 is 14.4 Å². The zero-order valence-corrected chi connectivity index (χ0v) is 16.0. The molecule has 0 amide bonds. The molecule has 0 aromatic carbocycles. The zero-order valence-electron chi connectivity index (χ0n) is 13.8. The topological polar surface area (TPSA) is 93.3 Å². The lowest BCUT2D eigenvalue weighted by molar-refractivity contribution is -0.486. The molecule has 12 heteroatoms. The highest BCUT2D eigenvalue weighted by Gasteiger charge is 2.35. The fraction of sp³-hybridized carbons (Fsp3) is 0.571. The summed E-state index contributed by atoms with van der Waals surface area (Å²) in [6.07, 6.45) is 0.750. The Labute approximate surface area is 165 Å². The van der Waals surface area contributed by atoms with Crippen molar-refractivity contribution in [1.29, 1.82) is 0 Å². The van der Waals surface area contributed by atoms with Crippen LogP contribution in [0.25, 0.3) is 0 Å². The van der Waals surface area contributed by atoms with Crippen LogP contribution in [0.15, 0.2) is 23.4 Å². The molecule has 26 heavy (non-hydrogen) atoms. The van der Waals surface area contributed by atoms with Crippen LogP contribution in [0.5, 0.6) is 0 Å².